The largest absolute Gasteiger partial charge is 0.259 e. The lowest BCUT2D eigenvalue weighted by atomic mass is 9.98. The van der Waals surface area contributed by atoms with E-state index >= 15 is 0 Å². The third kappa shape index (κ3) is 3.02. The first-order valence-electron chi connectivity index (χ1n) is 6.34. The van der Waals surface area contributed by atoms with Crippen molar-refractivity contribution in [3.63, 3.8) is 0 Å². The molecule has 16 heavy (non-hydrogen) atoms. The first kappa shape index (κ1) is 12.5. The Kier molecular flexibility index (Phi) is 4.34. The van der Waals surface area contributed by atoms with E-state index < -0.39 is 23.1 Å². The van der Waals surface area contributed by atoms with Crippen molar-refractivity contribution in [2.75, 3.05) is 0 Å². The van der Waals surface area contributed by atoms with Crippen LogP contribution in [-0.2, 0) is 10.8 Å². The van der Waals surface area contributed by atoms with E-state index in [1.54, 1.807) is 0 Å². The second-order valence-electron chi connectivity index (χ2n) is 5.10. The fourth-order valence-corrected chi connectivity index (χ4v) is 5.01. The van der Waals surface area contributed by atoms with Crippen molar-refractivity contribution in [1.29, 1.82) is 0 Å². The molecule has 4 atom stereocenters. The predicted octanol–water partition coefficient (Wildman–Crippen LogP) is 3.30. The average molecular weight is 250 g/mol. The molecule has 0 radical (unpaired) electrons. The van der Waals surface area contributed by atoms with Gasteiger partial charge in [-0.05, 0) is 51.4 Å². The molecule has 4 heteroatoms. The molecule has 2 rings (SSSR count). The van der Waals surface area contributed by atoms with Crippen molar-refractivity contribution < 1.29 is 13.0 Å². The predicted molar refractivity (Wildman–Crippen MR) is 62.4 cm³/mol. The molecule has 0 aliphatic heterocycles. The first-order chi connectivity index (χ1) is 7.66. The minimum Gasteiger partial charge on any atom is -0.259 e. The summed E-state index contributed by atoms with van der Waals surface area (Å²) in [5, 5.41) is -0.0295. The molecule has 0 aromatic rings. The van der Waals surface area contributed by atoms with Crippen molar-refractivity contribution in [2.24, 2.45) is 0 Å². The summed E-state index contributed by atoms with van der Waals surface area (Å²) < 4.78 is 38.7. The smallest absolute Gasteiger partial charge is 0.101 e. The molecule has 0 heterocycles. The summed E-state index contributed by atoms with van der Waals surface area (Å²) >= 11 is 0. The van der Waals surface area contributed by atoms with Crippen molar-refractivity contribution in [2.45, 2.75) is 74.2 Å². The minimum atomic E-state index is -1.01. The zero-order valence-electron chi connectivity index (χ0n) is 9.54. The van der Waals surface area contributed by atoms with Crippen molar-refractivity contribution in [3.8, 4) is 0 Å². The van der Waals surface area contributed by atoms with E-state index in [2.05, 4.69) is 0 Å². The van der Waals surface area contributed by atoms with Gasteiger partial charge in [0.25, 0.3) is 0 Å². The van der Waals surface area contributed by atoms with Crippen molar-refractivity contribution in [3.05, 3.63) is 0 Å². The van der Waals surface area contributed by atoms with Crippen LogP contribution in [0.2, 0.25) is 0 Å². The van der Waals surface area contributed by atoms with Crippen LogP contribution in [0.4, 0.5) is 8.78 Å². The van der Waals surface area contributed by atoms with E-state index in [-0.39, 0.29) is 10.5 Å². The highest BCUT2D eigenvalue weighted by Crippen LogP contribution is 2.31. The molecule has 0 bridgehead atoms. The fraction of sp³-hybridized carbons (Fsp3) is 1.00. The molecule has 0 N–H and O–H groups in total. The van der Waals surface area contributed by atoms with Crippen LogP contribution in [0, 0.1) is 0 Å². The monoisotopic (exact) mass is 250 g/mol. The summed E-state index contributed by atoms with van der Waals surface area (Å²) in [6.45, 7) is 0. The average Bonchev–Trinajstić information content (AvgIpc) is 2.28. The lowest BCUT2D eigenvalue weighted by molar-refractivity contribution is 0.245. The topological polar surface area (TPSA) is 17.1 Å². The van der Waals surface area contributed by atoms with Gasteiger partial charge in [-0.3, -0.25) is 4.21 Å². The van der Waals surface area contributed by atoms with Crippen LogP contribution in [0.3, 0.4) is 0 Å². The lowest BCUT2D eigenvalue weighted by Gasteiger charge is -2.30. The molecule has 4 unspecified atom stereocenters. The Balaban J connectivity index is 1.90. The third-order valence-corrected chi connectivity index (χ3v) is 5.95. The second-order valence-corrected chi connectivity index (χ2v) is 7.09. The Morgan fingerprint density at radius 2 is 1.25 bits per heavy atom. The number of hydrogen-bond acceptors (Lipinski definition) is 1. The van der Waals surface area contributed by atoms with E-state index in [0.29, 0.717) is 25.7 Å². The summed E-state index contributed by atoms with van der Waals surface area (Å²) in [5.74, 6) is 0. The van der Waals surface area contributed by atoms with Crippen LogP contribution in [0.5, 0.6) is 0 Å². The van der Waals surface area contributed by atoms with Gasteiger partial charge < -0.3 is 0 Å². The zero-order valence-corrected chi connectivity index (χ0v) is 10.4. The van der Waals surface area contributed by atoms with Crippen LogP contribution < -0.4 is 0 Å². The van der Waals surface area contributed by atoms with E-state index in [0.717, 1.165) is 25.7 Å². The van der Waals surface area contributed by atoms with E-state index in [9.17, 15) is 13.0 Å². The summed E-state index contributed by atoms with van der Waals surface area (Å²) in [6, 6.07) is 0. The normalized spacial score (nSPS) is 42.9. The third-order valence-electron chi connectivity index (χ3n) is 3.78. The van der Waals surface area contributed by atoms with Gasteiger partial charge in [0.2, 0.25) is 0 Å². The molecule has 1 nitrogen and oxygen atoms in total. The molecule has 2 fully saturated rings. The van der Waals surface area contributed by atoms with Crippen LogP contribution in [0.1, 0.15) is 51.4 Å². The molecule has 0 spiro atoms. The van der Waals surface area contributed by atoms with Crippen molar-refractivity contribution in [1.82, 2.24) is 0 Å². The summed E-state index contributed by atoms with van der Waals surface area (Å²) in [6.07, 6.45) is 3.92. The Labute approximate surface area is 98.4 Å². The van der Waals surface area contributed by atoms with E-state index in [4.69, 9.17) is 0 Å². The van der Waals surface area contributed by atoms with E-state index in [1.165, 1.54) is 0 Å². The molecule has 94 valence electrons. The molecule has 2 saturated carbocycles. The molecular weight excluding hydrogens is 230 g/mol. The van der Waals surface area contributed by atoms with Gasteiger partial charge >= 0.3 is 0 Å². The van der Waals surface area contributed by atoms with Crippen molar-refractivity contribution >= 4 is 10.8 Å². The van der Waals surface area contributed by atoms with Crippen LogP contribution in [0.25, 0.3) is 0 Å². The second kappa shape index (κ2) is 5.56. The first-order valence-corrected chi connectivity index (χ1v) is 7.62. The highest BCUT2D eigenvalue weighted by atomic mass is 32.2. The molecule has 2 aliphatic carbocycles. The maximum Gasteiger partial charge on any atom is 0.101 e. The van der Waals surface area contributed by atoms with Gasteiger partial charge in [-0.15, -0.1) is 0 Å². The van der Waals surface area contributed by atoms with Crippen LogP contribution in [0.15, 0.2) is 0 Å². The summed E-state index contributed by atoms with van der Waals surface area (Å²) in [7, 11) is -1.01. The standard InChI is InChI=1S/C12H20F2OS/c13-9-3-1-5-11(7-9)16(15)12-6-2-4-10(14)8-12/h9-12H,1-8H2. The van der Waals surface area contributed by atoms with Gasteiger partial charge in [-0.25, -0.2) is 8.78 Å². The Morgan fingerprint density at radius 3 is 1.62 bits per heavy atom. The summed E-state index contributed by atoms with van der Waals surface area (Å²) in [5.41, 5.74) is 0. The highest BCUT2D eigenvalue weighted by Gasteiger charge is 2.33. The van der Waals surface area contributed by atoms with Crippen LogP contribution >= 0.6 is 0 Å². The fourth-order valence-electron chi connectivity index (χ4n) is 2.87. The van der Waals surface area contributed by atoms with E-state index in [1.807, 2.05) is 0 Å². The molecule has 0 aromatic heterocycles. The zero-order chi connectivity index (χ0) is 11.5. The Bertz CT molecular complexity index is 235. The lowest BCUT2D eigenvalue weighted by Crippen LogP contribution is -2.34. The maximum atomic E-state index is 13.2. The number of hydrogen-bond donors (Lipinski definition) is 0. The molecule has 0 amide bonds. The number of halogens is 2. The number of rotatable bonds is 2. The van der Waals surface area contributed by atoms with Gasteiger partial charge in [-0.2, -0.15) is 0 Å². The molecule has 0 saturated heterocycles. The molecule has 0 aromatic carbocycles. The van der Waals surface area contributed by atoms with Gasteiger partial charge in [0.05, 0.1) is 0 Å². The maximum absolute atomic E-state index is 13.2. The Morgan fingerprint density at radius 1 is 0.812 bits per heavy atom. The van der Waals surface area contributed by atoms with Gasteiger partial charge in [0.1, 0.15) is 12.3 Å². The number of alkyl halides is 2. The summed E-state index contributed by atoms with van der Waals surface area (Å²) in [4.78, 5) is 0. The van der Waals surface area contributed by atoms with Gasteiger partial charge in [-0.1, -0.05) is 0 Å². The Hall–Kier alpha value is 0.01000. The highest BCUT2D eigenvalue weighted by molar-refractivity contribution is 7.86. The van der Waals surface area contributed by atoms with Gasteiger partial charge in [0.15, 0.2) is 0 Å². The van der Waals surface area contributed by atoms with Crippen LogP contribution in [-0.4, -0.2) is 27.1 Å². The minimum absolute atomic E-state index is 0.0148. The molecular formula is C12H20F2OS. The molecule has 2 aliphatic rings. The quantitative estimate of drug-likeness (QED) is 0.735. The SMILES string of the molecule is O=S(C1CCCC(F)C1)C1CCCC(F)C1. The van der Waals surface area contributed by atoms with Gasteiger partial charge in [0, 0.05) is 21.3 Å².